The van der Waals surface area contributed by atoms with Crippen LogP contribution in [0.4, 0.5) is 5.13 Å². The second-order valence-corrected chi connectivity index (χ2v) is 5.72. The van der Waals surface area contributed by atoms with Crippen molar-refractivity contribution in [1.29, 1.82) is 0 Å². The smallest absolute Gasteiger partial charge is 0.308 e. The number of anilines is 1. The number of esters is 1. The third-order valence-electron chi connectivity index (χ3n) is 3.47. The summed E-state index contributed by atoms with van der Waals surface area (Å²) in [7, 11) is 1.41. The zero-order valence-corrected chi connectivity index (χ0v) is 11.7. The molecule has 0 radical (unpaired) electrons. The van der Waals surface area contributed by atoms with Crippen LogP contribution in [0.1, 0.15) is 19.3 Å². The molecule has 2 aromatic heterocycles. The summed E-state index contributed by atoms with van der Waals surface area (Å²) in [4.78, 5) is 27.7. The summed E-state index contributed by atoms with van der Waals surface area (Å²) < 4.78 is 6.04. The normalized spacial score (nSPS) is 22.1. The molecule has 3 rings (SSSR count). The van der Waals surface area contributed by atoms with E-state index >= 15 is 0 Å². The molecule has 20 heavy (non-hydrogen) atoms. The Kier molecular flexibility index (Phi) is 3.39. The van der Waals surface area contributed by atoms with Gasteiger partial charge in [-0.25, -0.2) is 4.98 Å². The predicted octanol–water partition coefficient (Wildman–Crippen LogP) is 0.905. The molecule has 1 fully saturated rings. The number of carbonyl (C=O) groups is 1. The molecule has 2 heterocycles. The first-order valence-electron chi connectivity index (χ1n) is 6.36. The molecule has 0 unspecified atom stereocenters. The number of carbonyl (C=O) groups excluding carboxylic acids is 1. The lowest BCUT2D eigenvalue weighted by atomic mass is 10.1. The maximum Gasteiger partial charge on any atom is 0.308 e. The van der Waals surface area contributed by atoms with Crippen LogP contribution >= 0.6 is 11.3 Å². The van der Waals surface area contributed by atoms with Gasteiger partial charge in [-0.2, -0.15) is 4.52 Å². The van der Waals surface area contributed by atoms with Crippen LogP contribution in [0.2, 0.25) is 0 Å². The standard InChI is InChI=1S/C12H14N4O3S/c1-19-10(18)7-2-3-8(6-7)14-11-15-16-9(17)4-5-13-12(16)20-11/h4-5,7-8H,2-3,6H2,1H3,(H,14,15)/t7-,8+/m0/s1. The first kappa shape index (κ1) is 13.0. The lowest BCUT2D eigenvalue weighted by Crippen LogP contribution is -2.19. The lowest BCUT2D eigenvalue weighted by Gasteiger charge is -2.10. The fourth-order valence-corrected chi connectivity index (χ4v) is 3.32. The molecular weight excluding hydrogens is 280 g/mol. The van der Waals surface area contributed by atoms with Crippen LogP contribution in [-0.2, 0) is 9.53 Å². The highest BCUT2D eigenvalue weighted by molar-refractivity contribution is 7.20. The second kappa shape index (κ2) is 5.20. The van der Waals surface area contributed by atoms with E-state index in [9.17, 15) is 9.59 Å². The molecule has 0 spiro atoms. The Morgan fingerprint density at radius 1 is 1.55 bits per heavy atom. The van der Waals surface area contributed by atoms with Crippen molar-refractivity contribution in [1.82, 2.24) is 14.6 Å². The minimum atomic E-state index is -0.196. The Hall–Kier alpha value is -1.96. The minimum Gasteiger partial charge on any atom is -0.469 e. The van der Waals surface area contributed by atoms with Gasteiger partial charge in [0.2, 0.25) is 10.1 Å². The Bertz CT molecular complexity index is 695. The van der Waals surface area contributed by atoms with Crippen LogP contribution < -0.4 is 10.9 Å². The van der Waals surface area contributed by atoms with E-state index in [0.717, 1.165) is 19.3 Å². The maximum absolute atomic E-state index is 11.6. The lowest BCUT2D eigenvalue weighted by molar-refractivity contribution is -0.145. The van der Waals surface area contributed by atoms with E-state index in [1.807, 2.05) is 0 Å². The molecular formula is C12H14N4O3S. The summed E-state index contributed by atoms with van der Waals surface area (Å²) in [6.07, 6.45) is 3.90. The molecule has 0 aromatic carbocycles. The molecule has 106 valence electrons. The fraction of sp³-hybridized carbons (Fsp3) is 0.500. The Balaban J connectivity index is 1.73. The topological polar surface area (TPSA) is 85.6 Å². The molecule has 8 heteroatoms. The maximum atomic E-state index is 11.6. The summed E-state index contributed by atoms with van der Waals surface area (Å²) in [6.45, 7) is 0. The van der Waals surface area contributed by atoms with Crippen molar-refractivity contribution in [3.05, 3.63) is 22.6 Å². The summed E-state index contributed by atoms with van der Waals surface area (Å²) in [6, 6.07) is 1.55. The predicted molar refractivity (Wildman–Crippen MR) is 73.9 cm³/mol. The van der Waals surface area contributed by atoms with Crippen molar-refractivity contribution in [2.45, 2.75) is 25.3 Å². The van der Waals surface area contributed by atoms with E-state index in [-0.39, 0.29) is 23.5 Å². The average Bonchev–Trinajstić information content (AvgIpc) is 3.05. The van der Waals surface area contributed by atoms with E-state index in [4.69, 9.17) is 4.74 Å². The number of hydrogen-bond donors (Lipinski definition) is 1. The molecule has 0 aliphatic heterocycles. The number of hydrogen-bond acceptors (Lipinski definition) is 7. The quantitative estimate of drug-likeness (QED) is 0.847. The Labute approximate surface area is 118 Å². The number of fused-ring (bicyclic) bond motifs is 1. The van der Waals surface area contributed by atoms with E-state index in [1.165, 1.54) is 35.2 Å². The highest BCUT2D eigenvalue weighted by atomic mass is 32.1. The van der Waals surface area contributed by atoms with Gasteiger partial charge in [-0.1, -0.05) is 11.3 Å². The molecule has 1 aliphatic carbocycles. The van der Waals surface area contributed by atoms with Crippen LogP contribution in [0.5, 0.6) is 0 Å². The van der Waals surface area contributed by atoms with Crippen LogP contribution in [0.25, 0.3) is 4.96 Å². The number of aromatic nitrogens is 3. The van der Waals surface area contributed by atoms with E-state index < -0.39 is 0 Å². The zero-order chi connectivity index (χ0) is 14.1. The Morgan fingerprint density at radius 3 is 3.15 bits per heavy atom. The minimum absolute atomic E-state index is 0.0484. The van der Waals surface area contributed by atoms with Crippen molar-refractivity contribution in [3.63, 3.8) is 0 Å². The van der Waals surface area contributed by atoms with Crippen molar-refractivity contribution in [2.75, 3.05) is 12.4 Å². The fourth-order valence-electron chi connectivity index (χ4n) is 2.47. The number of rotatable bonds is 3. The van der Waals surface area contributed by atoms with Crippen molar-refractivity contribution in [2.24, 2.45) is 5.92 Å². The largest absolute Gasteiger partial charge is 0.469 e. The van der Waals surface area contributed by atoms with E-state index in [2.05, 4.69) is 15.4 Å². The molecule has 0 bridgehead atoms. The van der Waals surface area contributed by atoms with Crippen molar-refractivity contribution in [3.8, 4) is 0 Å². The third-order valence-corrected chi connectivity index (χ3v) is 4.32. The summed E-state index contributed by atoms with van der Waals surface area (Å²) in [5, 5.41) is 8.11. The SMILES string of the molecule is COC(=O)[C@H]1CC[C@@H](Nc2nn3c(=O)ccnc3s2)C1. The van der Waals surface area contributed by atoms with Crippen molar-refractivity contribution < 1.29 is 9.53 Å². The third kappa shape index (κ3) is 2.38. The molecule has 2 aromatic rings. The highest BCUT2D eigenvalue weighted by Gasteiger charge is 2.31. The first-order valence-corrected chi connectivity index (χ1v) is 7.18. The molecule has 7 nitrogen and oxygen atoms in total. The van der Waals surface area contributed by atoms with Gasteiger partial charge in [0.05, 0.1) is 13.0 Å². The van der Waals surface area contributed by atoms with Gasteiger partial charge in [0, 0.05) is 18.3 Å². The zero-order valence-electron chi connectivity index (χ0n) is 10.9. The second-order valence-electron chi connectivity index (χ2n) is 4.76. The summed E-state index contributed by atoms with van der Waals surface area (Å²) in [5.74, 6) is -0.204. The van der Waals surface area contributed by atoms with Crippen LogP contribution in [0.3, 0.4) is 0 Å². The van der Waals surface area contributed by atoms with Gasteiger partial charge in [-0.05, 0) is 19.3 Å². The highest BCUT2D eigenvalue weighted by Crippen LogP contribution is 2.29. The monoisotopic (exact) mass is 294 g/mol. The van der Waals surface area contributed by atoms with Crippen LogP contribution in [-0.4, -0.2) is 33.7 Å². The summed E-state index contributed by atoms with van der Waals surface area (Å²) in [5.41, 5.74) is -0.196. The van der Waals surface area contributed by atoms with Gasteiger partial charge in [0.25, 0.3) is 5.56 Å². The molecule has 1 aliphatic rings. The van der Waals surface area contributed by atoms with Crippen LogP contribution in [0.15, 0.2) is 17.1 Å². The Morgan fingerprint density at radius 2 is 2.40 bits per heavy atom. The number of nitrogens with one attached hydrogen (secondary N) is 1. The van der Waals surface area contributed by atoms with Crippen LogP contribution in [0, 0.1) is 5.92 Å². The number of ether oxygens (including phenoxy) is 1. The van der Waals surface area contributed by atoms with Gasteiger partial charge < -0.3 is 10.1 Å². The van der Waals surface area contributed by atoms with E-state index in [0.29, 0.717) is 10.1 Å². The van der Waals surface area contributed by atoms with Gasteiger partial charge in [0.15, 0.2) is 0 Å². The van der Waals surface area contributed by atoms with Gasteiger partial charge in [-0.3, -0.25) is 9.59 Å². The first-order chi connectivity index (χ1) is 9.67. The number of nitrogens with zero attached hydrogens (tertiary/aromatic N) is 3. The van der Waals surface area contributed by atoms with Crippen molar-refractivity contribution >= 4 is 27.4 Å². The average molecular weight is 294 g/mol. The molecule has 1 N–H and O–H groups in total. The molecule has 0 saturated heterocycles. The summed E-state index contributed by atoms with van der Waals surface area (Å²) >= 11 is 1.33. The molecule has 0 amide bonds. The van der Waals surface area contributed by atoms with Gasteiger partial charge in [0.1, 0.15) is 0 Å². The molecule has 1 saturated carbocycles. The number of methoxy groups -OCH3 is 1. The molecule has 2 atom stereocenters. The van der Waals surface area contributed by atoms with Gasteiger partial charge in [-0.15, -0.1) is 5.10 Å². The van der Waals surface area contributed by atoms with E-state index in [1.54, 1.807) is 0 Å². The van der Waals surface area contributed by atoms with Gasteiger partial charge >= 0.3 is 5.97 Å².